The van der Waals surface area contributed by atoms with Crippen molar-refractivity contribution in [1.82, 2.24) is 0 Å². The average Bonchev–Trinajstić information content (AvgIpc) is 2.38. The van der Waals surface area contributed by atoms with Gasteiger partial charge in [0.05, 0.1) is 6.54 Å². The van der Waals surface area contributed by atoms with Crippen molar-refractivity contribution in [3.05, 3.63) is 54.3 Å². The summed E-state index contributed by atoms with van der Waals surface area (Å²) >= 11 is 0. The van der Waals surface area contributed by atoms with Crippen LogP contribution in [0.2, 0.25) is 0 Å². The van der Waals surface area contributed by atoms with Crippen molar-refractivity contribution < 1.29 is 9.13 Å². The normalized spacial score (nSPS) is 10.2. The molecular formula is C15H17FN2O. The number of likely N-dealkylation sites (N-methyl/N-ethyl adjacent to an activating group) is 1. The van der Waals surface area contributed by atoms with E-state index in [0.717, 1.165) is 11.4 Å². The summed E-state index contributed by atoms with van der Waals surface area (Å²) < 4.78 is 18.7. The molecule has 0 aromatic heterocycles. The molecule has 0 atom stereocenters. The van der Waals surface area contributed by atoms with E-state index in [1.54, 1.807) is 12.1 Å². The molecule has 100 valence electrons. The first-order valence-corrected chi connectivity index (χ1v) is 6.10. The van der Waals surface area contributed by atoms with E-state index in [1.807, 2.05) is 36.2 Å². The van der Waals surface area contributed by atoms with Gasteiger partial charge >= 0.3 is 0 Å². The maximum atomic E-state index is 13.1. The molecule has 0 saturated carbocycles. The van der Waals surface area contributed by atoms with Gasteiger partial charge in [-0.3, -0.25) is 0 Å². The number of hydrogen-bond donors (Lipinski definition) is 1. The molecule has 0 saturated heterocycles. The van der Waals surface area contributed by atoms with Crippen LogP contribution in [0.4, 0.5) is 15.8 Å². The van der Waals surface area contributed by atoms with Gasteiger partial charge in [0.2, 0.25) is 0 Å². The van der Waals surface area contributed by atoms with Crippen molar-refractivity contribution in [2.75, 3.05) is 30.8 Å². The number of ether oxygens (including phenoxy) is 1. The monoisotopic (exact) mass is 260 g/mol. The van der Waals surface area contributed by atoms with Gasteiger partial charge in [-0.15, -0.1) is 0 Å². The van der Waals surface area contributed by atoms with Gasteiger partial charge in [0.15, 0.2) is 0 Å². The van der Waals surface area contributed by atoms with Gasteiger partial charge in [-0.05, 0) is 30.3 Å². The lowest BCUT2D eigenvalue weighted by Gasteiger charge is -2.19. The Labute approximate surface area is 112 Å². The zero-order valence-corrected chi connectivity index (χ0v) is 10.8. The Hall–Kier alpha value is -2.23. The van der Waals surface area contributed by atoms with Gasteiger partial charge in [-0.1, -0.05) is 12.1 Å². The summed E-state index contributed by atoms with van der Waals surface area (Å²) in [6, 6.07) is 13.8. The third-order valence-corrected chi connectivity index (χ3v) is 2.80. The second-order valence-corrected chi connectivity index (χ2v) is 4.32. The van der Waals surface area contributed by atoms with Gasteiger partial charge in [-0.2, -0.15) is 0 Å². The van der Waals surface area contributed by atoms with Crippen molar-refractivity contribution in [3.8, 4) is 5.75 Å². The predicted octanol–water partition coefficient (Wildman–Crippen LogP) is 2.92. The number of hydrogen-bond acceptors (Lipinski definition) is 3. The molecule has 0 heterocycles. The first-order valence-electron chi connectivity index (χ1n) is 6.10. The third-order valence-electron chi connectivity index (χ3n) is 2.80. The lowest BCUT2D eigenvalue weighted by Crippen LogP contribution is -2.23. The summed E-state index contributed by atoms with van der Waals surface area (Å²) in [4.78, 5) is 1.94. The molecule has 0 unspecified atom stereocenters. The molecule has 2 aromatic carbocycles. The third kappa shape index (κ3) is 3.88. The van der Waals surface area contributed by atoms with E-state index in [-0.39, 0.29) is 5.82 Å². The minimum atomic E-state index is -0.235. The molecule has 0 amide bonds. The van der Waals surface area contributed by atoms with Gasteiger partial charge < -0.3 is 15.4 Å². The van der Waals surface area contributed by atoms with Crippen LogP contribution < -0.4 is 15.4 Å². The summed E-state index contributed by atoms with van der Waals surface area (Å²) in [5.41, 5.74) is 7.17. The van der Waals surface area contributed by atoms with E-state index >= 15 is 0 Å². The number of anilines is 2. The van der Waals surface area contributed by atoms with Crippen LogP contribution in [-0.4, -0.2) is 20.2 Å². The summed E-state index contributed by atoms with van der Waals surface area (Å²) in [7, 11) is 1.90. The number of benzene rings is 2. The minimum absolute atomic E-state index is 0.235. The molecule has 0 spiro atoms. The number of rotatable bonds is 5. The van der Waals surface area contributed by atoms with Crippen molar-refractivity contribution >= 4 is 11.4 Å². The van der Waals surface area contributed by atoms with Crippen molar-refractivity contribution in [2.45, 2.75) is 0 Å². The first kappa shape index (κ1) is 13.2. The summed E-state index contributed by atoms with van der Waals surface area (Å²) in [6.07, 6.45) is 0. The molecule has 0 aliphatic heterocycles. The van der Waals surface area contributed by atoms with Crippen LogP contribution in [0.3, 0.4) is 0 Å². The highest BCUT2D eigenvalue weighted by atomic mass is 19.1. The van der Waals surface area contributed by atoms with E-state index in [9.17, 15) is 4.39 Å². The lowest BCUT2D eigenvalue weighted by atomic mass is 10.3. The molecule has 0 bridgehead atoms. The highest BCUT2D eigenvalue weighted by molar-refractivity contribution is 5.46. The molecule has 0 radical (unpaired) electrons. The zero-order chi connectivity index (χ0) is 13.7. The minimum Gasteiger partial charge on any atom is -0.492 e. The summed E-state index contributed by atoms with van der Waals surface area (Å²) in [6.45, 7) is 1.18. The predicted molar refractivity (Wildman–Crippen MR) is 76.0 cm³/mol. The van der Waals surface area contributed by atoms with E-state index in [4.69, 9.17) is 10.5 Å². The molecular weight excluding hydrogens is 243 g/mol. The van der Waals surface area contributed by atoms with Crippen LogP contribution in [0.25, 0.3) is 0 Å². The molecule has 3 nitrogen and oxygen atoms in total. The smallest absolute Gasteiger partial charge is 0.125 e. The van der Waals surface area contributed by atoms with Gasteiger partial charge in [-0.25, -0.2) is 4.39 Å². The van der Waals surface area contributed by atoms with Crippen LogP contribution in [0, 0.1) is 5.82 Å². The molecule has 2 N–H and O–H groups in total. The van der Waals surface area contributed by atoms with E-state index in [1.165, 1.54) is 12.1 Å². The van der Waals surface area contributed by atoms with E-state index in [2.05, 4.69) is 0 Å². The van der Waals surface area contributed by atoms with Gasteiger partial charge in [0.25, 0.3) is 0 Å². The Bertz CT molecular complexity index is 545. The average molecular weight is 260 g/mol. The Kier molecular flexibility index (Phi) is 4.23. The standard InChI is InChI=1S/C15H17FN2O/c1-18(14-6-2-4-12(16)10-14)8-9-19-15-7-3-5-13(17)11-15/h2-7,10-11H,8-9,17H2,1H3. The lowest BCUT2D eigenvalue weighted by molar-refractivity contribution is 0.326. The highest BCUT2D eigenvalue weighted by Crippen LogP contribution is 2.16. The second kappa shape index (κ2) is 6.09. The van der Waals surface area contributed by atoms with Crippen LogP contribution >= 0.6 is 0 Å². The Morgan fingerprint density at radius 2 is 1.95 bits per heavy atom. The largest absolute Gasteiger partial charge is 0.492 e. The number of halogens is 1. The fourth-order valence-electron chi connectivity index (χ4n) is 1.75. The first-order chi connectivity index (χ1) is 9.15. The van der Waals surface area contributed by atoms with Gasteiger partial charge in [0, 0.05) is 24.5 Å². The quantitative estimate of drug-likeness (QED) is 0.840. The maximum absolute atomic E-state index is 13.1. The number of nitrogens with two attached hydrogens (primary N) is 1. The Morgan fingerprint density at radius 3 is 2.68 bits per heavy atom. The molecule has 4 heteroatoms. The molecule has 2 aromatic rings. The summed E-state index contributed by atoms with van der Waals surface area (Å²) in [5, 5.41) is 0. The Morgan fingerprint density at radius 1 is 1.16 bits per heavy atom. The molecule has 0 aliphatic carbocycles. The fraction of sp³-hybridized carbons (Fsp3) is 0.200. The zero-order valence-electron chi connectivity index (χ0n) is 10.8. The molecule has 0 fully saturated rings. The van der Waals surface area contributed by atoms with Crippen molar-refractivity contribution in [3.63, 3.8) is 0 Å². The van der Waals surface area contributed by atoms with Crippen LogP contribution in [-0.2, 0) is 0 Å². The molecule has 19 heavy (non-hydrogen) atoms. The van der Waals surface area contributed by atoms with Crippen molar-refractivity contribution in [2.24, 2.45) is 0 Å². The fourth-order valence-corrected chi connectivity index (χ4v) is 1.75. The van der Waals surface area contributed by atoms with Crippen LogP contribution in [0.15, 0.2) is 48.5 Å². The highest BCUT2D eigenvalue weighted by Gasteiger charge is 2.02. The summed E-state index contributed by atoms with van der Waals surface area (Å²) in [5.74, 6) is 0.508. The van der Waals surface area contributed by atoms with Gasteiger partial charge in [0.1, 0.15) is 18.2 Å². The maximum Gasteiger partial charge on any atom is 0.125 e. The van der Waals surface area contributed by atoms with E-state index < -0.39 is 0 Å². The molecule has 0 aliphatic rings. The van der Waals surface area contributed by atoms with Crippen LogP contribution in [0.1, 0.15) is 0 Å². The number of nitrogens with zero attached hydrogens (tertiary/aromatic N) is 1. The molecule has 2 rings (SSSR count). The SMILES string of the molecule is CN(CCOc1cccc(N)c1)c1cccc(F)c1. The van der Waals surface area contributed by atoms with Crippen LogP contribution in [0.5, 0.6) is 5.75 Å². The van der Waals surface area contributed by atoms with E-state index in [0.29, 0.717) is 18.8 Å². The second-order valence-electron chi connectivity index (χ2n) is 4.32. The van der Waals surface area contributed by atoms with Crippen molar-refractivity contribution in [1.29, 1.82) is 0 Å². The Balaban J connectivity index is 1.85. The number of nitrogen functional groups attached to an aromatic ring is 1. The topological polar surface area (TPSA) is 38.5 Å².